The first-order valence-corrected chi connectivity index (χ1v) is 8.99. The van der Waals surface area contributed by atoms with Crippen molar-refractivity contribution in [3.8, 4) is 6.07 Å². The SMILES string of the molecule is CC(C)c1cc(C(=O)C(C#N)C(=O)NC2CCCC2)nn1C(C)(C)C. The number of Topliss-reactive ketones (excluding diaryl/α,β-unsaturated/α-hetero) is 1. The van der Waals surface area contributed by atoms with Gasteiger partial charge in [0.25, 0.3) is 0 Å². The Bertz CT molecular complexity index is 685. The van der Waals surface area contributed by atoms with Gasteiger partial charge >= 0.3 is 0 Å². The number of nitriles is 1. The lowest BCUT2D eigenvalue weighted by Gasteiger charge is -2.23. The van der Waals surface area contributed by atoms with Gasteiger partial charge in [-0.25, -0.2) is 0 Å². The molecule has 0 saturated heterocycles. The molecule has 0 aromatic carbocycles. The van der Waals surface area contributed by atoms with Crippen LogP contribution >= 0.6 is 0 Å². The van der Waals surface area contributed by atoms with Gasteiger partial charge in [0.05, 0.1) is 11.6 Å². The quantitative estimate of drug-likeness (QED) is 0.656. The van der Waals surface area contributed by atoms with Gasteiger partial charge in [-0.3, -0.25) is 14.3 Å². The number of ketones is 1. The van der Waals surface area contributed by atoms with E-state index in [9.17, 15) is 14.9 Å². The molecule has 1 aliphatic carbocycles. The van der Waals surface area contributed by atoms with Gasteiger partial charge in [0.15, 0.2) is 5.92 Å². The lowest BCUT2D eigenvalue weighted by atomic mass is 10.00. The number of hydrogen-bond donors (Lipinski definition) is 1. The van der Waals surface area contributed by atoms with Crippen LogP contribution in [0, 0.1) is 17.2 Å². The van der Waals surface area contributed by atoms with Crippen molar-refractivity contribution in [1.29, 1.82) is 5.26 Å². The summed E-state index contributed by atoms with van der Waals surface area (Å²) in [6, 6.07) is 3.65. The van der Waals surface area contributed by atoms with Gasteiger partial charge in [0.2, 0.25) is 11.7 Å². The number of aromatic nitrogens is 2. The first kappa shape index (κ1) is 19.2. The number of rotatable bonds is 5. The number of amides is 1. The van der Waals surface area contributed by atoms with Crippen LogP contribution in [0.1, 0.15) is 82.4 Å². The molecule has 1 aromatic rings. The summed E-state index contributed by atoms with van der Waals surface area (Å²) in [6.07, 6.45) is 3.97. The molecule has 0 spiro atoms. The number of carbonyl (C=O) groups is 2. The maximum atomic E-state index is 12.7. The Labute approximate surface area is 149 Å². The van der Waals surface area contributed by atoms with E-state index in [-0.39, 0.29) is 23.2 Å². The smallest absolute Gasteiger partial charge is 0.245 e. The summed E-state index contributed by atoms with van der Waals surface area (Å²) >= 11 is 0. The monoisotopic (exact) mass is 344 g/mol. The minimum atomic E-state index is -1.34. The van der Waals surface area contributed by atoms with Crippen molar-refractivity contribution in [3.63, 3.8) is 0 Å². The van der Waals surface area contributed by atoms with E-state index in [4.69, 9.17) is 0 Å². The molecule has 25 heavy (non-hydrogen) atoms. The van der Waals surface area contributed by atoms with Crippen LogP contribution in [0.4, 0.5) is 0 Å². The summed E-state index contributed by atoms with van der Waals surface area (Å²) in [5, 5.41) is 16.6. The van der Waals surface area contributed by atoms with E-state index in [2.05, 4.69) is 10.4 Å². The highest BCUT2D eigenvalue weighted by Crippen LogP contribution is 2.25. The Kier molecular flexibility index (Phi) is 5.66. The topological polar surface area (TPSA) is 87.8 Å². The van der Waals surface area contributed by atoms with Gasteiger partial charge in [-0.05, 0) is 45.6 Å². The summed E-state index contributed by atoms with van der Waals surface area (Å²) in [5.41, 5.74) is 0.822. The zero-order valence-corrected chi connectivity index (χ0v) is 15.8. The Morgan fingerprint density at radius 2 is 1.92 bits per heavy atom. The van der Waals surface area contributed by atoms with Gasteiger partial charge in [0.1, 0.15) is 5.69 Å². The predicted molar refractivity (Wildman–Crippen MR) is 95.1 cm³/mol. The highest BCUT2D eigenvalue weighted by molar-refractivity contribution is 6.11. The van der Waals surface area contributed by atoms with Crippen LogP contribution in [0.5, 0.6) is 0 Å². The van der Waals surface area contributed by atoms with Crippen LogP contribution in [-0.2, 0) is 10.3 Å². The van der Waals surface area contributed by atoms with E-state index in [1.54, 1.807) is 6.07 Å². The van der Waals surface area contributed by atoms with Gasteiger partial charge in [0, 0.05) is 11.7 Å². The molecular weight excluding hydrogens is 316 g/mol. The fourth-order valence-corrected chi connectivity index (χ4v) is 3.20. The van der Waals surface area contributed by atoms with Crippen LogP contribution in [0.25, 0.3) is 0 Å². The Hall–Kier alpha value is -2.16. The molecule has 1 saturated carbocycles. The third-order valence-electron chi connectivity index (χ3n) is 4.57. The third kappa shape index (κ3) is 4.28. The van der Waals surface area contributed by atoms with Crippen molar-refractivity contribution in [1.82, 2.24) is 15.1 Å². The Morgan fingerprint density at radius 1 is 1.32 bits per heavy atom. The highest BCUT2D eigenvalue weighted by atomic mass is 16.2. The van der Waals surface area contributed by atoms with Crippen molar-refractivity contribution >= 4 is 11.7 Å². The van der Waals surface area contributed by atoms with Crippen molar-refractivity contribution in [2.24, 2.45) is 5.92 Å². The van der Waals surface area contributed by atoms with Crippen LogP contribution < -0.4 is 5.32 Å². The molecule has 2 rings (SSSR count). The predicted octanol–water partition coefficient (Wildman–Crippen LogP) is 3.14. The first-order chi connectivity index (χ1) is 11.6. The molecule has 1 N–H and O–H groups in total. The molecule has 1 fully saturated rings. The lowest BCUT2D eigenvalue weighted by molar-refractivity contribution is -0.122. The molecule has 0 bridgehead atoms. The fourth-order valence-electron chi connectivity index (χ4n) is 3.20. The van der Waals surface area contributed by atoms with Crippen molar-refractivity contribution in [3.05, 3.63) is 17.5 Å². The molecule has 1 amide bonds. The molecule has 136 valence electrons. The maximum absolute atomic E-state index is 12.7. The average molecular weight is 344 g/mol. The second kappa shape index (κ2) is 7.38. The largest absolute Gasteiger partial charge is 0.352 e. The minimum absolute atomic E-state index is 0.0782. The van der Waals surface area contributed by atoms with E-state index in [0.29, 0.717) is 0 Å². The van der Waals surface area contributed by atoms with E-state index in [1.807, 2.05) is 45.4 Å². The van der Waals surface area contributed by atoms with E-state index in [0.717, 1.165) is 31.4 Å². The highest BCUT2D eigenvalue weighted by Gasteiger charge is 2.33. The lowest BCUT2D eigenvalue weighted by Crippen LogP contribution is -2.40. The maximum Gasteiger partial charge on any atom is 0.245 e. The van der Waals surface area contributed by atoms with Crippen LogP contribution in [-0.4, -0.2) is 27.5 Å². The van der Waals surface area contributed by atoms with Crippen LogP contribution in [0.15, 0.2) is 6.07 Å². The number of hydrogen-bond acceptors (Lipinski definition) is 4. The van der Waals surface area contributed by atoms with Crippen molar-refractivity contribution in [2.45, 2.75) is 77.8 Å². The summed E-state index contributed by atoms with van der Waals surface area (Å²) in [5.74, 6) is -2.19. The molecule has 1 heterocycles. The third-order valence-corrected chi connectivity index (χ3v) is 4.57. The molecule has 6 nitrogen and oxygen atoms in total. The fraction of sp³-hybridized carbons (Fsp3) is 0.684. The Balaban J connectivity index is 2.25. The summed E-state index contributed by atoms with van der Waals surface area (Å²) < 4.78 is 1.81. The number of carbonyl (C=O) groups excluding carboxylic acids is 2. The zero-order chi connectivity index (χ0) is 18.8. The van der Waals surface area contributed by atoms with Crippen LogP contribution in [0.3, 0.4) is 0 Å². The number of nitrogens with one attached hydrogen (secondary N) is 1. The van der Waals surface area contributed by atoms with E-state index >= 15 is 0 Å². The molecular formula is C19H28N4O2. The van der Waals surface area contributed by atoms with Gasteiger partial charge < -0.3 is 5.32 Å². The average Bonchev–Trinajstić information content (AvgIpc) is 3.15. The van der Waals surface area contributed by atoms with Crippen molar-refractivity contribution in [2.75, 3.05) is 0 Å². The van der Waals surface area contributed by atoms with Gasteiger partial charge in [-0.15, -0.1) is 0 Å². The molecule has 0 radical (unpaired) electrons. The van der Waals surface area contributed by atoms with E-state index < -0.39 is 17.6 Å². The molecule has 1 aliphatic rings. The Morgan fingerprint density at radius 3 is 2.36 bits per heavy atom. The minimum Gasteiger partial charge on any atom is -0.352 e. The molecule has 0 aliphatic heterocycles. The summed E-state index contributed by atoms with van der Waals surface area (Å²) in [4.78, 5) is 25.1. The normalized spacial score (nSPS) is 16.7. The summed E-state index contributed by atoms with van der Waals surface area (Å²) in [7, 11) is 0. The van der Waals surface area contributed by atoms with Gasteiger partial charge in [-0.2, -0.15) is 10.4 Å². The first-order valence-electron chi connectivity index (χ1n) is 8.99. The van der Waals surface area contributed by atoms with Crippen molar-refractivity contribution < 1.29 is 9.59 Å². The zero-order valence-electron chi connectivity index (χ0n) is 15.8. The molecule has 6 heteroatoms. The van der Waals surface area contributed by atoms with E-state index in [1.165, 1.54) is 0 Å². The van der Waals surface area contributed by atoms with Crippen LogP contribution in [0.2, 0.25) is 0 Å². The number of nitrogens with zero attached hydrogens (tertiary/aromatic N) is 3. The second-order valence-electron chi connectivity index (χ2n) is 8.11. The summed E-state index contributed by atoms with van der Waals surface area (Å²) in [6.45, 7) is 10.1. The molecule has 1 aromatic heterocycles. The van der Waals surface area contributed by atoms with Gasteiger partial charge in [-0.1, -0.05) is 26.7 Å². The standard InChI is InChI=1S/C19H28N4O2/c1-12(2)16-10-15(22-23(16)19(3,4)5)17(24)14(11-20)18(25)21-13-8-6-7-9-13/h10,12-14H,6-9H2,1-5H3,(H,21,25). The molecule has 1 unspecified atom stereocenters. The molecule has 1 atom stereocenters. The second-order valence-corrected chi connectivity index (χ2v) is 8.11.